The third kappa shape index (κ3) is 7.72. The molecular formula is C47H41N5O. The van der Waals surface area contributed by atoms with E-state index in [2.05, 4.69) is 143 Å². The summed E-state index contributed by atoms with van der Waals surface area (Å²) in [5, 5.41) is 8.75. The molecule has 0 radical (unpaired) electrons. The average molecular weight is 692 g/mol. The average Bonchev–Trinajstić information content (AvgIpc) is 3.96. The van der Waals surface area contributed by atoms with Crippen LogP contribution in [0.25, 0.3) is 44.9 Å². The third-order valence-corrected chi connectivity index (χ3v) is 9.80. The van der Waals surface area contributed by atoms with Gasteiger partial charge in [-0.05, 0) is 132 Å². The van der Waals surface area contributed by atoms with Crippen LogP contribution in [0.5, 0.6) is 5.75 Å². The van der Waals surface area contributed by atoms with Gasteiger partial charge >= 0.3 is 0 Å². The Kier molecular flexibility index (Phi) is 9.75. The number of benzene rings is 5. The first-order valence-corrected chi connectivity index (χ1v) is 18.1. The van der Waals surface area contributed by atoms with Crippen LogP contribution in [0, 0.1) is 6.92 Å². The monoisotopic (exact) mass is 691 g/mol. The molecule has 0 atom stereocenters. The number of aromatic nitrogens is 5. The number of hydrogen-bond acceptors (Lipinski definition) is 4. The molecule has 6 nitrogen and oxygen atoms in total. The molecular weight excluding hydrogens is 651 g/mol. The minimum absolute atomic E-state index is 0.825. The highest BCUT2D eigenvalue weighted by Gasteiger charge is 2.15. The highest BCUT2D eigenvalue weighted by atomic mass is 16.5. The van der Waals surface area contributed by atoms with Gasteiger partial charge in [-0.1, -0.05) is 78.9 Å². The van der Waals surface area contributed by atoms with Gasteiger partial charge in [-0.15, -0.1) is 0 Å². The second-order valence-electron chi connectivity index (χ2n) is 13.5. The van der Waals surface area contributed by atoms with E-state index in [4.69, 9.17) is 4.74 Å². The molecule has 8 aromatic rings. The van der Waals surface area contributed by atoms with Crippen molar-refractivity contribution in [2.75, 3.05) is 7.11 Å². The van der Waals surface area contributed by atoms with Gasteiger partial charge in [-0.25, -0.2) is 9.36 Å². The first kappa shape index (κ1) is 33.6. The Bertz CT molecular complexity index is 2310. The predicted octanol–water partition coefficient (Wildman–Crippen LogP) is 10.3. The maximum atomic E-state index is 6.02. The maximum Gasteiger partial charge on any atom is 0.127 e. The lowest BCUT2D eigenvalue weighted by atomic mass is 9.89. The predicted molar refractivity (Wildman–Crippen MR) is 214 cm³/mol. The quantitative estimate of drug-likeness (QED) is 0.128. The van der Waals surface area contributed by atoms with E-state index in [9.17, 15) is 0 Å². The fourth-order valence-corrected chi connectivity index (χ4v) is 6.94. The van der Waals surface area contributed by atoms with Crippen molar-refractivity contribution < 1.29 is 4.74 Å². The normalized spacial score (nSPS) is 11.1. The molecule has 3 aromatic heterocycles. The van der Waals surface area contributed by atoms with Crippen molar-refractivity contribution >= 4 is 0 Å². The van der Waals surface area contributed by atoms with Crippen LogP contribution in [-0.2, 0) is 25.7 Å². The van der Waals surface area contributed by atoms with Crippen LogP contribution < -0.4 is 4.74 Å². The fourth-order valence-electron chi connectivity index (χ4n) is 6.94. The summed E-state index contributed by atoms with van der Waals surface area (Å²) in [7, 11) is 1.75. The summed E-state index contributed by atoms with van der Waals surface area (Å²) in [6, 6.07) is 47.7. The molecule has 8 rings (SSSR count). The Morgan fingerprint density at radius 3 is 1.62 bits per heavy atom. The van der Waals surface area contributed by atoms with Gasteiger partial charge in [-0.2, -0.15) is 10.2 Å². The Morgan fingerprint density at radius 1 is 0.509 bits per heavy atom. The number of methoxy groups -OCH3 is 1. The Hall–Kier alpha value is -6.53. The van der Waals surface area contributed by atoms with Crippen LogP contribution in [0.2, 0.25) is 0 Å². The molecule has 0 N–H and O–H groups in total. The Morgan fingerprint density at radius 2 is 1.09 bits per heavy atom. The van der Waals surface area contributed by atoms with E-state index in [1.807, 2.05) is 40.1 Å². The summed E-state index contributed by atoms with van der Waals surface area (Å²) in [6.07, 6.45) is 13.2. The second-order valence-corrected chi connectivity index (χ2v) is 13.5. The van der Waals surface area contributed by atoms with Gasteiger partial charge in [0.1, 0.15) is 5.75 Å². The molecule has 53 heavy (non-hydrogen) atoms. The topological polar surface area (TPSA) is 57.8 Å². The molecule has 5 aromatic carbocycles. The lowest BCUT2D eigenvalue weighted by molar-refractivity contribution is 0.416. The molecule has 0 fully saturated rings. The van der Waals surface area contributed by atoms with Gasteiger partial charge < -0.3 is 4.74 Å². The van der Waals surface area contributed by atoms with Crippen molar-refractivity contribution in [1.82, 2.24) is 24.5 Å². The first-order valence-electron chi connectivity index (χ1n) is 18.1. The number of rotatable bonds is 12. The lowest BCUT2D eigenvalue weighted by Gasteiger charge is -2.17. The van der Waals surface area contributed by atoms with Gasteiger partial charge in [-0.3, -0.25) is 4.98 Å². The van der Waals surface area contributed by atoms with Crippen molar-refractivity contribution in [2.45, 2.75) is 32.6 Å². The summed E-state index contributed by atoms with van der Waals surface area (Å²) in [4.78, 5) is 4.66. The zero-order chi connectivity index (χ0) is 36.0. The zero-order valence-electron chi connectivity index (χ0n) is 30.1. The van der Waals surface area contributed by atoms with Crippen LogP contribution >= 0.6 is 0 Å². The standard InChI is InChI=1S/C47H41N5O/c1-34-9-24-46(48-33-34)39-18-23-45(47(32-39)53-2)44-8-4-3-7-43(44)40-30-37(12-10-35-14-19-41(20-15-35)51-27-5-25-49-51)29-38(31-40)13-11-36-16-21-42(22-17-36)52-28-6-26-50-52/h3-9,14-33H,10-13H2,1-2H3. The number of aryl methyl sites for hydroxylation is 5. The van der Waals surface area contributed by atoms with Crippen molar-refractivity contribution in [3.05, 3.63) is 192 Å². The minimum Gasteiger partial charge on any atom is -0.496 e. The van der Waals surface area contributed by atoms with Crippen LogP contribution in [0.1, 0.15) is 27.8 Å². The number of hydrogen-bond donors (Lipinski definition) is 0. The smallest absolute Gasteiger partial charge is 0.127 e. The van der Waals surface area contributed by atoms with E-state index in [1.54, 1.807) is 19.5 Å². The van der Waals surface area contributed by atoms with Crippen molar-refractivity contribution in [2.24, 2.45) is 0 Å². The number of ether oxygens (including phenoxy) is 1. The molecule has 6 heteroatoms. The van der Waals surface area contributed by atoms with Crippen LogP contribution in [-0.4, -0.2) is 31.7 Å². The summed E-state index contributed by atoms with van der Waals surface area (Å²) in [5.41, 5.74) is 15.1. The molecule has 0 spiro atoms. The highest BCUT2D eigenvalue weighted by molar-refractivity contribution is 5.87. The van der Waals surface area contributed by atoms with Crippen molar-refractivity contribution in [3.63, 3.8) is 0 Å². The lowest BCUT2D eigenvalue weighted by Crippen LogP contribution is -1.99. The van der Waals surface area contributed by atoms with E-state index in [-0.39, 0.29) is 0 Å². The molecule has 0 aliphatic rings. The maximum absolute atomic E-state index is 6.02. The van der Waals surface area contributed by atoms with Gasteiger partial charge in [0.2, 0.25) is 0 Å². The zero-order valence-corrected chi connectivity index (χ0v) is 30.1. The largest absolute Gasteiger partial charge is 0.496 e. The molecule has 0 bridgehead atoms. The van der Waals surface area contributed by atoms with Crippen LogP contribution in [0.3, 0.4) is 0 Å². The van der Waals surface area contributed by atoms with E-state index >= 15 is 0 Å². The summed E-state index contributed by atoms with van der Waals surface area (Å²) in [6.45, 7) is 2.05. The first-order chi connectivity index (χ1) is 26.1. The Balaban J connectivity index is 1.11. The van der Waals surface area contributed by atoms with E-state index in [1.165, 1.54) is 33.4 Å². The minimum atomic E-state index is 0.825. The highest BCUT2D eigenvalue weighted by Crippen LogP contribution is 2.40. The van der Waals surface area contributed by atoms with Gasteiger partial charge in [0.15, 0.2) is 0 Å². The Labute approximate surface area is 311 Å². The molecule has 0 aliphatic carbocycles. The molecule has 260 valence electrons. The van der Waals surface area contributed by atoms with Crippen LogP contribution in [0.4, 0.5) is 0 Å². The number of pyridine rings is 1. The number of nitrogens with zero attached hydrogens (tertiary/aromatic N) is 5. The van der Waals surface area contributed by atoms with Gasteiger partial charge in [0.25, 0.3) is 0 Å². The SMILES string of the molecule is COc1cc(-c2ccc(C)cn2)ccc1-c1ccccc1-c1cc(CCc2ccc(-n3cccn3)cc2)cc(CCc2ccc(-n3cccn3)cc2)c1. The van der Waals surface area contributed by atoms with E-state index in [0.717, 1.165) is 70.8 Å². The van der Waals surface area contributed by atoms with Gasteiger partial charge in [0, 0.05) is 42.1 Å². The second kappa shape index (κ2) is 15.4. The van der Waals surface area contributed by atoms with E-state index < -0.39 is 0 Å². The van der Waals surface area contributed by atoms with Crippen molar-refractivity contribution in [1.29, 1.82) is 0 Å². The molecule has 3 heterocycles. The fraction of sp³-hybridized carbons (Fsp3) is 0.128. The summed E-state index contributed by atoms with van der Waals surface area (Å²) < 4.78 is 9.81. The third-order valence-electron chi connectivity index (χ3n) is 9.80. The summed E-state index contributed by atoms with van der Waals surface area (Å²) >= 11 is 0. The summed E-state index contributed by atoms with van der Waals surface area (Å²) in [5.74, 6) is 0.825. The van der Waals surface area contributed by atoms with E-state index in [0.29, 0.717) is 0 Å². The molecule has 0 saturated carbocycles. The van der Waals surface area contributed by atoms with Crippen molar-refractivity contribution in [3.8, 4) is 50.6 Å². The molecule has 0 saturated heterocycles. The van der Waals surface area contributed by atoms with Crippen LogP contribution in [0.15, 0.2) is 164 Å². The molecule has 0 amide bonds. The molecule has 0 aliphatic heterocycles. The molecule has 0 unspecified atom stereocenters. The van der Waals surface area contributed by atoms with Gasteiger partial charge in [0.05, 0.1) is 24.2 Å².